The van der Waals surface area contributed by atoms with Crippen molar-refractivity contribution in [2.75, 3.05) is 0 Å². The van der Waals surface area contributed by atoms with E-state index in [4.69, 9.17) is 0 Å². The van der Waals surface area contributed by atoms with Crippen LogP contribution in [0.2, 0.25) is 0 Å². The smallest absolute Gasteiger partial charge is 0.294 e. The lowest BCUT2D eigenvalue weighted by molar-refractivity contribution is -0.137. The molecule has 1 rings (SSSR count). The molecule has 0 aliphatic carbocycles. The molecule has 5 heteroatoms. The van der Waals surface area contributed by atoms with Crippen molar-refractivity contribution >= 4 is 5.78 Å². The summed E-state index contributed by atoms with van der Waals surface area (Å²) in [6.45, 7) is 5.66. The van der Waals surface area contributed by atoms with E-state index in [9.17, 15) is 22.4 Å². The lowest BCUT2D eigenvalue weighted by atomic mass is 9.88. The number of hydrogen-bond acceptors (Lipinski definition) is 1. The molecule has 0 heterocycles. The van der Waals surface area contributed by atoms with Crippen molar-refractivity contribution in [3.63, 3.8) is 0 Å². The quantitative estimate of drug-likeness (QED) is 0.569. The summed E-state index contributed by atoms with van der Waals surface area (Å²) in [4.78, 5) is 11.8. The molecule has 0 aromatic heterocycles. The van der Waals surface area contributed by atoms with Crippen LogP contribution in [-0.4, -0.2) is 5.78 Å². The molecular weight excluding hydrogens is 260 g/mol. The normalized spacial score (nSPS) is 12.6. The molecule has 0 saturated heterocycles. The number of rotatable bonds is 3. The Morgan fingerprint density at radius 2 is 1.74 bits per heavy atom. The maximum atomic E-state index is 13.1. The topological polar surface area (TPSA) is 17.1 Å². The largest absolute Gasteiger partial charge is 0.417 e. The van der Waals surface area contributed by atoms with Gasteiger partial charge in [-0.1, -0.05) is 20.8 Å². The minimum atomic E-state index is -4.65. The van der Waals surface area contributed by atoms with E-state index in [-0.39, 0.29) is 11.8 Å². The van der Waals surface area contributed by atoms with Gasteiger partial charge in [-0.15, -0.1) is 0 Å². The van der Waals surface area contributed by atoms with E-state index in [1.54, 1.807) is 0 Å². The van der Waals surface area contributed by atoms with Crippen LogP contribution in [0.4, 0.5) is 17.6 Å². The number of hydrogen-bond donors (Lipinski definition) is 0. The van der Waals surface area contributed by atoms with Crippen molar-refractivity contribution in [1.82, 2.24) is 0 Å². The number of halogens is 4. The highest BCUT2D eigenvalue weighted by Crippen LogP contribution is 2.33. The molecule has 0 amide bonds. The van der Waals surface area contributed by atoms with Crippen molar-refractivity contribution in [1.29, 1.82) is 0 Å². The second-order valence-electron chi connectivity index (χ2n) is 5.67. The van der Waals surface area contributed by atoms with Crippen LogP contribution >= 0.6 is 0 Å². The molecule has 1 aromatic rings. The molecule has 0 unspecified atom stereocenters. The van der Waals surface area contributed by atoms with Gasteiger partial charge in [-0.2, -0.15) is 13.2 Å². The van der Waals surface area contributed by atoms with Crippen LogP contribution in [0.1, 0.15) is 49.5 Å². The minimum absolute atomic E-state index is 0.0317. The summed E-state index contributed by atoms with van der Waals surface area (Å²) in [6.07, 6.45) is -4.24. The summed E-state index contributed by atoms with van der Waals surface area (Å²) >= 11 is 0. The van der Waals surface area contributed by atoms with E-state index in [0.29, 0.717) is 24.6 Å². The van der Waals surface area contributed by atoms with Crippen molar-refractivity contribution < 1.29 is 22.4 Å². The monoisotopic (exact) mass is 276 g/mol. The Labute approximate surface area is 109 Å². The molecule has 0 atom stereocenters. The van der Waals surface area contributed by atoms with E-state index in [0.717, 1.165) is 0 Å². The van der Waals surface area contributed by atoms with Gasteiger partial charge in [-0.05, 0) is 30.0 Å². The third-order valence-electron chi connectivity index (χ3n) is 2.69. The maximum Gasteiger partial charge on any atom is 0.417 e. The van der Waals surface area contributed by atoms with Crippen molar-refractivity contribution in [3.8, 4) is 0 Å². The molecular formula is C14H16F4O. The zero-order chi connectivity index (χ0) is 14.8. The first-order chi connectivity index (χ1) is 8.50. The van der Waals surface area contributed by atoms with Gasteiger partial charge < -0.3 is 0 Å². The number of carbonyl (C=O) groups is 1. The Balaban J connectivity index is 3.05. The van der Waals surface area contributed by atoms with Gasteiger partial charge >= 0.3 is 6.18 Å². The summed E-state index contributed by atoms with van der Waals surface area (Å²) < 4.78 is 51.3. The van der Waals surface area contributed by atoms with E-state index in [2.05, 4.69) is 0 Å². The highest BCUT2D eigenvalue weighted by molar-refractivity contribution is 5.97. The van der Waals surface area contributed by atoms with Crippen LogP contribution in [0, 0.1) is 11.2 Å². The summed E-state index contributed by atoms with van der Waals surface area (Å²) in [5.41, 5.74) is -1.83. The highest BCUT2D eigenvalue weighted by Gasteiger charge is 2.35. The van der Waals surface area contributed by atoms with Gasteiger partial charge in [0, 0.05) is 12.0 Å². The van der Waals surface area contributed by atoms with E-state index >= 15 is 0 Å². The zero-order valence-electron chi connectivity index (χ0n) is 11.1. The van der Waals surface area contributed by atoms with Gasteiger partial charge in [0.05, 0.1) is 5.56 Å². The third kappa shape index (κ3) is 4.65. The number of ketones is 1. The maximum absolute atomic E-state index is 13.1. The zero-order valence-corrected chi connectivity index (χ0v) is 11.1. The second-order valence-corrected chi connectivity index (χ2v) is 5.67. The average molecular weight is 276 g/mol. The number of alkyl halides is 3. The van der Waals surface area contributed by atoms with Crippen LogP contribution in [0.25, 0.3) is 0 Å². The van der Waals surface area contributed by atoms with Crippen LogP contribution in [-0.2, 0) is 6.18 Å². The van der Waals surface area contributed by atoms with Gasteiger partial charge in [-0.25, -0.2) is 4.39 Å². The highest BCUT2D eigenvalue weighted by atomic mass is 19.4. The Hall–Kier alpha value is -1.39. The Morgan fingerprint density at radius 1 is 1.16 bits per heavy atom. The lowest BCUT2D eigenvalue weighted by Gasteiger charge is -2.18. The van der Waals surface area contributed by atoms with Crippen molar-refractivity contribution in [3.05, 3.63) is 35.1 Å². The Morgan fingerprint density at radius 3 is 2.21 bits per heavy atom. The molecule has 0 spiro atoms. The molecule has 0 aliphatic rings. The first-order valence-corrected chi connectivity index (χ1v) is 5.91. The van der Waals surface area contributed by atoms with Gasteiger partial charge in [0.2, 0.25) is 0 Å². The fraction of sp³-hybridized carbons (Fsp3) is 0.500. The Kier molecular flexibility index (Phi) is 4.38. The van der Waals surface area contributed by atoms with Crippen LogP contribution in [0.15, 0.2) is 18.2 Å². The average Bonchev–Trinajstić information content (AvgIpc) is 2.23. The fourth-order valence-corrected chi connectivity index (χ4v) is 1.62. The summed E-state index contributed by atoms with van der Waals surface area (Å²) in [5.74, 6) is -1.52. The SMILES string of the molecule is CC(C)(C)CCC(=O)c1cc(F)ccc1C(F)(F)F. The molecule has 0 radical (unpaired) electrons. The fourth-order valence-electron chi connectivity index (χ4n) is 1.62. The standard InChI is InChI=1S/C14H16F4O/c1-13(2,3)7-6-12(19)10-8-9(15)4-5-11(10)14(16,17)18/h4-5,8H,6-7H2,1-3H3. The molecule has 19 heavy (non-hydrogen) atoms. The molecule has 0 fully saturated rings. The summed E-state index contributed by atoms with van der Waals surface area (Å²) in [5, 5.41) is 0. The van der Waals surface area contributed by atoms with Crippen molar-refractivity contribution in [2.45, 2.75) is 39.8 Å². The van der Waals surface area contributed by atoms with Gasteiger partial charge in [-0.3, -0.25) is 4.79 Å². The Bertz CT molecular complexity index is 469. The molecule has 1 aromatic carbocycles. The summed E-state index contributed by atoms with van der Waals surface area (Å²) in [6, 6.07) is 1.98. The molecule has 0 bridgehead atoms. The number of carbonyl (C=O) groups excluding carboxylic acids is 1. The van der Waals surface area contributed by atoms with Crippen LogP contribution < -0.4 is 0 Å². The minimum Gasteiger partial charge on any atom is -0.294 e. The third-order valence-corrected chi connectivity index (χ3v) is 2.69. The van der Waals surface area contributed by atoms with Gasteiger partial charge in [0.25, 0.3) is 0 Å². The lowest BCUT2D eigenvalue weighted by Crippen LogP contribution is -2.15. The molecule has 0 saturated carbocycles. The van der Waals surface area contributed by atoms with E-state index < -0.39 is 28.9 Å². The molecule has 0 aliphatic heterocycles. The van der Waals surface area contributed by atoms with Crippen molar-refractivity contribution in [2.24, 2.45) is 5.41 Å². The summed E-state index contributed by atoms with van der Waals surface area (Å²) in [7, 11) is 0. The van der Waals surface area contributed by atoms with Crippen LogP contribution in [0.3, 0.4) is 0 Å². The van der Waals surface area contributed by atoms with E-state index in [1.165, 1.54) is 0 Å². The van der Waals surface area contributed by atoms with E-state index in [1.807, 2.05) is 20.8 Å². The number of Topliss-reactive ketones (excluding diaryl/α,β-unsaturated/α-hetero) is 1. The predicted molar refractivity (Wildman–Crippen MR) is 64.4 cm³/mol. The van der Waals surface area contributed by atoms with Crippen LogP contribution in [0.5, 0.6) is 0 Å². The van der Waals surface area contributed by atoms with Gasteiger partial charge in [0.1, 0.15) is 5.82 Å². The van der Waals surface area contributed by atoms with Gasteiger partial charge in [0.15, 0.2) is 5.78 Å². The first kappa shape index (κ1) is 15.7. The molecule has 0 N–H and O–H groups in total. The second kappa shape index (κ2) is 5.31. The molecule has 106 valence electrons. The first-order valence-electron chi connectivity index (χ1n) is 5.91. The predicted octanol–water partition coefficient (Wildman–Crippen LogP) is 4.85. The molecule has 1 nitrogen and oxygen atoms in total. The number of benzene rings is 1.